The van der Waals surface area contributed by atoms with Crippen molar-refractivity contribution in [2.75, 3.05) is 11.5 Å². The van der Waals surface area contributed by atoms with Crippen LogP contribution in [0, 0.1) is 0 Å². The Balaban J connectivity index is 2.20. The van der Waals surface area contributed by atoms with Crippen LogP contribution in [0.25, 0.3) is 6.08 Å². The van der Waals surface area contributed by atoms with Crippen LogP contribution in [0.3, 0.4) is 0 Å². The van der Waals surface area contributed by atoms with E-state index in [2.05, 4.69) is 0 Å². The molecule has 0 saturated carbocycles. The number of carbonyl (C=O) groups excluding carboxylic acids is 2. The van der Waals surface area contributed by atoms with Crippen molar-refractivity contribution >= 4 is 52.5 Å². The van der Waals surface area contributed by atoms with Crippen molar-refractivity contribution in [1.82, 2.24) is 0 Å². The molecule has 18 heavy (non-hydrogen) atoms. The molecule has 1 aliphatic rings. The van der Waals surface area contributed by atoms with Gasteiger partial charge in [-0.15, -0.1) is 34.9 Å². The van der Waals surface area contributed by atoms with Crippen LogP contribution in [0.4, 0.5) is 0 Å². The summed E-state index contributed by atoms with van der Waals surface area (Å²) >= 11 is 4.77. The Hall–Kier alpha value is -0.780. The Morgan fingerprint density at radius 3 is 2.56 bits per heavy atom. The van der Waals surface area contributed by atoms with Gasteiger partial charge >= 0.3 is 0 Å². The molecule has 1 aliphatic heterocycles. The summed E-state index contributed by atoms with van der Waals surface area (Å²) in [4.78, 5) is 24.7. The highest BCUT2D eigenvalue weighted by molar-refractivity contribution is 8.25. The summed E-state index contributed by atoms with van der Waals surface area (Å²) in [5, 5.41) is 1.96. The molecule has 94 valence electrons. The number of carbonyl (C=O) groups is 2. The molecule has 0 amide bonds. The maximum atomic E-state index is 12.1. The molecule has 0 spiro atoms. The van der Waals surface area contributed by atoms with E-state index in [1.54, 1.807) is 40.9 Å². The molecule has 0 aromatic carbocycles. The molecule has 0 aliphatic carbocycles. The summed E-state index contributed by atoms with van der Waals surface area (Å²) < 4.78 is 0.878. The third-order valence-corrected chi connectivity index (χ3v) is 5.85. The van der Waals surface area contributed by atoms with Crippen molar-refractivity contribution in [2.24, 2.45) is 0 Å². The molecule has 0 N–H and O–H groups in total. The number of ketones is 2. The van der Waals surface area contributed by atoms with Crippen LogP contribution >= 0.6 is 34.9 Å². The largest absolute Gasteiger partial charge is 0.294 e. The number of rotatable bonds is 4. The fourth-order valence-corrected chi connectivity index (χ4v) is 4.77. The summed E-state index contributed by atoms with van der Waals surface area (Å²) in [5.41, 5.74) is 0.343. The zero-order valence-corrected chi connectivity index (χ0v) is 12.3. The van der Waals surface area contributed by atoms with Crippen molar-refractivity contribution in [3.8, 4) is 0 Å². The van der Waals surface area contributed by atoms with Crippen LogP contribution in [0.15, 0.2) is 33.4 Å². The van der Waals surface area contributed by atoms with Crippen molar-refractivity contribution in [1.29, 1.82) is 0 Å². The van der Waals surface area contributed by atoms with E-state index in [-0.39, 0.29) is 11.6 Å². The highest BCUT2D eigenvalue weighted by Gasteiger charge is 2.21. The standard InChI is InChI=1S/C13H12O2S3/c1-9(14)12(13-17-7-8-18-13)11(15)5-4-10-3-2-6-16-10/h2-6H,7-8H2,1H3/b5-4+. The van der Waals surface area contributed by atoms with E-state index in [0.29, 0.717) is 5.57 Å². The Kier molecular flexibility index (Phi) is 4.86. The monoisotopic (exact) mass is 296 g/mol. The number of thioether (sulfide) groups is 2. The topological polar surface area (TPSA) is 34.1 Å². The fraction of sp³-hybridized carbons (Fsp3) is 0.231. The van der Waals surface area contributed by atoms with Crippen LogP contribution in [-0.4, -0.2) is 23.1 Å². The molecule has 0 atom stereocenters. The van der Waals surface area contributed by atoms with Crippen LogP contribution < -0.4 is 0 Å². The van der Waals surface area contributed by atoms with E-state index in [4.69, 9.17) is 0 Å². The van der Waals surface area contributed by atoms with E-state index in [9.17, 15) is 9.59 Å². The minimum Gasteiger partial charge on any atom is -0.294 e. The molecular weight excluding hydrogens is 284 g/mol. The van der Waals surface area contributed by atoms with Crippen LogP contribution in [0.5, 0.6) is 0 Å². The van der Waals surface area contributed by atoms with Crippen molar-refractivity contribution in [3.63, 3.8) is 0 Å². The van der Waals surface area contributed by atoms with E-state index < -0.39 is 0 Å². The summed E-state index contributed by atoms with van der Waals surface area (Å²) in [5.74, 6) is 1.61. The molecule has 1 saturated heterocycles. The van der Waals surface area contributed by atoms with E-state index in [1.165, 1.54) is 13.0 Å². The first-order chi connectivity index (χ1) is 8.68. The molecule has 0 radical (unpaired) electrons. The van der Waals surface area contributed by atoms with E-state index in [0.717, 1.165) is 20.6 Å². The molecule has 5 heteroatoms. The number of allylic oxidation sites excluding steroid dienone is 2. The quantitative estimate of drug-likeness (QED) is 0.483. The third-order valence-electron chi connectivity index (χ3n) is 2.29. The van der Waals surface area contributed by atoms with Gasteiger partial charge in [0, 0.05) is 16.4 Å². The summed E-state index contributed by atoms with van der Waals surface area (Å²) in [6, 6.07) is 3.87. The van der Waals surface area contributed by atoms with Crippen LogP contribution in [0.2, 0.25) is 0 Å². The lowest BCUT2D eigenvalue weighted by Crippen LogP contribution is -2.08. The van der Waals surface area contributed by atoms with Crippen molar-refractivity contribution < 1.29 is 9.59 Å². The first kappa shape index (κ1) is 13.6. The zero-order valence-electron chi connectivity index (χ0n) is 9.84. The second-order valence-corrected chi connectivity index (χ2v) is 7.08. The molecular formula is C13H12O2S3. The highest BCUT2D eigenvalue weighted by atomic mass is 32.2. The highest BCUT2D eigenvalue weighted by Crippen LogP contribution is 2.39. The molecule has 2 nitrogen and oxygen atoms in total. The van der Waals surface area contributed by atoms with E-state index >= 15 is 0 Å². The maximum Gasteiger partial charge on any atom is 0.191 e. The molecule has 1 aromatic rings. The van der Waals surface area contributed by atoms with Gasteiger partial charge in [-0.3, -0.25) is 9.59 Å². The van der Waals surface area contributed by atoms with Gasteiger partial charge in [0.05, 0.1) is 9.81 Å². The Morgan fingerprint density at radius 2 is 2.00 bits per heavy atom. The maximum absolute atomic E-state index is 12.1. The van der Waals surface area contributed by atoms with Crippen LogP contribution in [-0.2, 0) is 9.59 Å². The molecule has 1 fully saturated rings. The predicted octanol–water partition coefficient (Wildman–Crippen LogP) is 3.61. The minimum absolute atomic E-state index is 0.146. The van der Waals surface area contributed by atoms with Gasteiger partial charge in [-0.05, 0) is 30.5 Å². The summed E-state index contributed by atoms with van der Waals surface area (Å²) in [7, 11) is 0. The van der Waals surface area contributed by atoms with Gasteiger partial charge in [0.2, 0.25) is 0 Å². The average molecular weight is 296 g/mol. The number of Topliss-reactive ketones (excluding diaryl/α,β-unsaturated/α-hetero) is 1. The fourth-order valence-electron chi connectivity index (χ4n) is 1.50. The Labute approximate surface area is 119 Å². The molecule has 0 unspecified atom stereocenters. The minimum atomic E-state index is -0.187. The lowest BCUT2D eigenvalue weighted by Gasteiger charge is -2.02. The first-order valence-corrected chi connectivity index (χ1v) is 8.30. The van der Waals surface area contributed by atoms with Gasteiger partial charge in [-0.1, -0.05) is 6.07 Å². The normalized spacial score (nSPS) is 15.3. The SMILES string of the molecule is CC(=O)C(C(=O)/C=C/c1cccs1)=C1SCCS1. The third kappa shape index (κ3) is 3.37. The summed E-state index contributed by atoms with van der Waals surface area (Å²) in [6.45, 7) is 1.46. The molecule has 1 aromatic heterocycles. The molecule has 2 heterocycles. The molecule has 0 bridgehead atoms. The predicted molar refractivity (Wildman–Crippen MR) is 81.0 cm³/mol. The first-order valence-electron chi connectivity index (χ1n) is 5.45. The smallest absolute Gasteiger partial charge is 0.191 e. The molecule has 2 rings (SSSR count). The van der Waals surface area contributed by atoms with Crippen molar-refractivity contribution in [3.05, 3.63) is 38.3 Å². The van der Waals surface area contributed by atoms with E-state index in [1.807, 2.05) is 17.5 Å². The number of hydrogen-bond acceptors (Lipinski definition) is 5. The van der Waals surface area contributed by atoms with Gasteiger partial charge in [0.1, 0.15) is 0 Å². The average Bonchev–Trinajstić information content (AvgIpc) is 2.99. The summed E-state index contributed by atoms with van der Waals surface area (Å²) in [6.07, 6.45) is 3.26. The van der Waals surface area contributed by atoms with Gasteiger partial charge in [0.15, 0.2) is 11.6 Å². The number of hydrogen-bond donors (Lipinski definition) is 0. The van der Waals surface area contributed by atoms with Gasteiger partial charge in [-0.2, -0.15) is 0 Å². The lowest BCUT2D eigenvalue weighted by atomic mass is 10.1. The second-order valence-electron chi connectivity index (χ2n) is 3.63. The second kappa shape index (κ2) is 6.41. The zero-order chi connectivity index (χ0) is 13.0. The Morgan fingerprint density at radius 1 is 1.28 bits per heavy atom. The van der Waals surface area contributed by atoms with Crippen LogP contribution in [0.1, 0.15) is 11.8 Å². The van der Waals surface area contributed by atoms with Gasteiger partial charge in [0.25, 0.3) is 0 Å². The Bertz CT molecular complexity index is 504. The number of thiophene rings is 1. The van der Waals surface area contributed by atoms with Gasteiger partial charge in [-0.25, -0.2) is 0 Å². The van der Waals surface area contributed by atoms with Crippen molar-refractivity contribution in [2.45, 2.75) is 6.92 Å². The van der Waals surface area contributed by atoms with Gasteiger partial charge < -0.3 is 0 Å². The lowest BCUT2D eigenvalue weighted by molar-refractivity contribution is -0.118.